The summed E-state index contributed by atoms with van der Waals surface area (Å²) < 4.78 is 27.3. The molecule has 1 aromatic heterocycles. The standard InChI is InChI=1S/C19H25N3O3S2/c1-4-5-14(3)18(23)21-19-20-16-10-11-22(12-17(16)26-19)27(24,25)15-8-6-13(2)7-9-15/h6-9,14H,4-5,10-12H2,1-3H3,(H,20,21,23)/t14-/m1/s1. The van der Waals surface area contributed by atoms with Gasteiger partial charge < -0.3 is 5.32 Å². The monoisotopic (exact) mass is 407 g/mol. The zero-order valence-electron chi connectivity index (χ0n) is 15.9. The van der Waals surface area contributed by atoms with Crippen molar-refractivity contribution >= 4 is 32.4 Å². The van der Waals surface area contributed by atoms with Gasteiger partial charge in [0.05, 0.1) is 17.1 Å². The van der Waals surface area contributed by atoms with Crippen LogP contribution < -0.4 is 5.32 Å². The summed E-state index contributed by atoms with van der Waals surface area (Å²) in [5.41, 5.74) is 1.91. The maximum Gasteiger partial charge on any atom is 0.243 e. The van der Waals surface area contributed by atoms with Crippen LogP contribution in [0.5, 0.6) is 0 Å². The van der Waals surface area contributed by atoms with Gasteiger partial charge in [-0.15, -0.1) is 11.3 Å². The first kappa shape index (κ1) is 20.0. The fourth-order valence-electron chi connectivity index (χ4n) is 3.08. The Bertz CT molecular complexity index is 920. The van der Waals surface area contributed by atoms with Gasteiger partial charge in [0.15, 0.2) is 5.13 Å². The van der Waals surface area contributed by atoms with E-state index in [9.17, 15) is 13.2 Å². The molecule has 1 aromatic carbocycles. The van der Waals surface area contributed by atoms with Gasteiger partial charge in [0.1, 0.15) is 0 Å². The molecule has 146 valence electrons. The summed E-state index contributed by atoms with van der Waals surface area (Å²) in [4.78, 5) is 17.9. The molecule has 1 aliphatic heterocycles. The molecule has 0 bridgehead atoms. The lowest BCUT2D eigenvalue weighted by Crippen LogP contribution is -2.35. The summed E-state index contributed by atoms with van der Waals surface area (Å²) in [7, 11) is -3.53. The van der Waals surface area contributed by atoms with Gasteiger partial charge in [-0.3, -0.25) is 4.79 Å². The van der Waals surface area contributed by atoms with E-state index in [-0.39, 0.29) is 11.8 Å². The van der Waals surface area contributed by atoms with Gasteiger partial charge in [-0.2, -0.15) is 4.31 Å². The quantitative estimate of drug-likeness (QED) is 0.794. The topological polar surface area (TPSA) is 79.4 Å². The fourth-order valence-corrected chi connectivity index (χ4v) is 5.60. The predicted octanol–water partition coefficient (Wildman–Crippen LogP) is 3.57. The van der Waals surface area contributed by atoms with Crippen molar-refractivity contribution in [3.8, 4) is 0 Å². The van der Waals surface area contributed by atoms with Crippen LogP contribution in [-0.4, -0.2) is 30.2 Å². The van der Waals surface area contributed by atoms with Crippen molar-refractivity contribution in [1.29, 1.82) is 0 Å². The van der Waals surface area contributed by atoms with Crippen LogP contribution in [0.2, 0.25) is 0 Å². The number of hydrogen-bond acceptors (Lipinski definition) is 5. The molecular weight excluding hydrogens is 382 g/mol. The molecule has 8 heteroatoms. The number of carbonyl (C=O) groups excluding carboxylic acids is 1. The Balaban J connectivity index is 1.74. The number of fused-ring (bicyclic) bond motifs is 1. The Kier molecular flexibility index (Phi) is 5.98. The number of benzene rings is 1. The number of thiazole rings is 1. The molecule has 0 aliphatic carbocycles. The van der Waals surface area contributed by atoms with Crippen molar-refractivity contribution in [2.24, 2.45) is 5.92 Å². The van der Waals surface area contributed by atoms with Crippen LogP contribution in [0, 0.1) is 12.8 Å². The molecule has 1 atom stereocenters. The molecule has 0 radical (unpaired) electrons. The number of carbonyl (C=O) groups is 1. The van der Waals surface area contributed by atoms with Crippen LogP contribution in [0.4, 0.5) is 5.13 Å². The van der Waals surface area contributed by atoms with E-state index in [0.717, 1.165) is 29.0 Å². The molecule has 0 unspecified atom stereocenters. The van der Waals surface area contributed by atoms with E-state index in [2.05, 4.69) is 17.2 Å². The Morgan fingerprint density at radius 2 is 2.04 bits per heavy atom. The Morgan fingerprint density at radius 3 is 2.70 bits per heavy atom. The number of nitrogens with one attached hydrogen (secondary N) is 1. The highest BCUT2D eigenvalue weighted by molar-refractivity contribution is 7.89. The Morgan fingerprint density at radius 1 is 1.33 bits per heavy atom. The number of aryl methyl sites for hydroxylation is 1. The number of nitrogens with zero attached hydrogens (tertiary/aromatic N) is 2. The second kappa shape index (κ2) is 8.08. The average molecular weight is 408 g/mol. The van der Waals surface area contributed by atoms with E-state index >= 15 is 0 Å². The molecule has 0 saturated heterocycles. The molecule has 6 nitrogen and oxygen atoms in total. The van der Waals surface area contributed by atoms with Crippen LogP contribution in [0.15, 0.2) is 29.2 Å². The van der Waals surface area contributed by atoms with Crippen molar-refractivity contribution in [2.45, 2.75) is 51.5 Å². The van der Waals surface area contributed by atoms with E-state index in [0.29, 0.717) is 29.5 Å². The smallest absolute Gasteiger partial charge is 0.243 e. The predicted molar refractivity (Wildman–Crippen MR) is 107 cm³/mol. The number of amides is 1. The number of hydrogen-bond donors (Lipinski definition) is 1. The summed E-state index contributed by atoms with van der Waals surface area (Å²) in [6, 6.07) is 6.90. The van der Waals surface area contributed by atoms with Crippen LogP contribution in [0.3, 0.4) is 0 Å². The molecule has 1 amide bonds. The summed E-state index contributed by atoms with van der Waals surface area (Å²) in [5, 5.41) is 3.43. The van der Waals surface area contributed by atoms with Gasteiger partial charge in [-0.05, 0) is 25.5 Å². The highest BCUT2D eigenvalue weighted by atomic mass is 32.2. The average Bonchev–Trinajstić information content (AvgIpc) is 3.03. The van der Waals surface area contributed by atoms with Crippen LogP contribution >= 0.6 is 11.3 Å². The Hall–Kier alpha value is -1.77. The minimum absolute atomic E-state index is 0.0351. The zero-order valence-corrected chi connectivity index (χ0v) is 17.5. The van der Waals surface area contributed by atoms with E-state index in [4.69, 9.17) is 0 Å². The summed E-state index contributed by atoms with van der Waals surface area (Å²) in [6.07, 6.45) is 2.34. The lowest BCUT2D eigenvalue weighted by molar-refractivity contribution is -0.119. The lowest BCUT2D eigenvalue weighted by Gasteiger charge is -2.25. The van der Waals surface area contributed by atoms with Crippen molar-refractivity contribution < 1.29 is 13.2 Å². The minimum atomic E-state index is -3.53. The highest BCUT2D eigenvalue weighted by Gasteiger charge is 2.30. The van der Waals surface area contributed by atoms with Crippen LogP contribution in [0.1, 0.15) is 42.8 Å². The highest BCUT2D eigenvalue weighted by Crippen LogP contribution is 2.31. The number of anilines is 1. The molecule has 3 rings (SSSR count). The van der Waals surface area contributed by atoms with Gasteiger partial charge in [0, 0.05) is 23.8 Å². The first-order valence-corrected chi connectivity index (χ1v) is 11.4. The fraction of sp³-hybridized carbons (Fsp3) is 0.474. The number of rotatable bonds is 6. The van der Waals surface area contributed by atoms with Crippen molar-refractivity contribution in [3.63, 3.8) is 0 Å². The van der Waals surface area contributed by atoms with Gasteiger partial charge in [-0.25, -0.2) is 13.4 Å². The molecular formula is C19H25N3O3S2. The Labute approximate surface area is 164 Å². The molecule has 1 N–H and O–H groups in total. The first-order chi connectivity index (χ1) is 12.8. The molecule has 2 heterocycles. The normalized spacial score (nSPS) is 16.0. The van der Waals surface area contributed by atoms with E-state index < -0.39 is 10.0 Å². The van der Waals surface area contributed by atoms with Gasteiger partial charge in [0.25, 0.3) is 0 Å². The maximum absolute atomic E-state index is 12.9. The third-order valence-electron chi connectivity index (χ3n) is 4.75. The second-order valence-electron chi connectivity index (χ2n) is 6.97. The van der Waals surface area contributed by atoms with E-state index in [1.807, 2.05) is 13.8 Å². The van der Waals surface area contributed by atoms with Gasteiger partial charge >= 0.3 is 0 Å². The van der Waals surface area contributed by atoms with Gasteiger partial charge in [0.2, 0.25) is 15.9 Å². The summed E-state index contributed by atoms with van der Waals surface area (Å²) >= 11 is 1.37. The largest absolute Gasteiger partial charge is 0.302 e. The third kappa shape index (κ3) is 4.39. The number of sulfonamides is 1. The van der Waals surface area contributed by atoms with Gasteiger partial charge in [-0.1, -0.05) is 38.0 Å². The second-order valence-corrected chi connectivity index (χ2v) is 9.99. The lowest BCUT2D eigenvalue weighted by atomic mass is 10.1. The zero-order chi connectivity index (χ0) is 19.6. The van der Waals surface area contributed by atoms with Crippen molar-refractivity contribution in [2.75, 3.05) is 11.9 Å². The molecule has 0 fully saturated rings. The van der Waals surface area contributed by atoms with Crippen molar-refractivity contribution in [1.82, 2.24) is 9.29 Å². The molecule has 2 aromatic rings. The van der Waals surface area contributed by atoms with Crippen molar-refractivity contribution in [3.05, 3.63) is 40.4 Å². The molecule has 1 aliphatic rings. The van der Waals surface area contributed by atoms with Crippen LogP contribution in [-0.2, 0) is 27.8 Å². The van der Waals surface area contributed by atoms with E-state index in [1.165, 1.54) is 15.6 Å². The third-order valence-corrected chi connectivity index (χ3v) is 7.61. The molecule has 0 spiro atoms. The summed E-state index contributed by atoms with van der Waals surface area (Å²) in [6.45, 7) is 6.57. The maximum atomic E-state index is 12.9. The summed E-state index contributed by atoms with van der Waals surface area (Å²) in [5.74, 6) is -0.0959. The van der Waals surface area contributed by atoms with Crippen LogP contribution in [0.25, 0.3) is 0 Å². The SMILES string of the molecule is CCC[C@@H](C)C(=O)Nc1nc2c(s1)CN(S(=O)(=O)c1ccc(C)cc1)CC2. The number of aromatic nitrogens is 1. The minimum Gasteiger partial charge on any atom is -0.302 e. The molecule has 27 heavy (non-hydrogen) atoms. The molecule has 0 saturated carbocycles. The first-order valence-electron chi connectivity index (χ1n) is 9.17. The van der Waals surface area contributed by atoms with E-state index in [1.54, 1.807) is 24.3 Å².